The Hall–Kier alpha value is -6.85. The Kier molecular flexibility index (Phi) is 42.3. The summed E-state index contributed by atoms with van der Waals surface area (Å²) < 4.78 is 0. The Balaban J connectivity index is 0.00000216. The number of nitrogens with zero attached hydrogens (tertiary/aromatic N) is 8. The number of nitrogens with one attached hydrogen (secondary N) is 4. The number of aliphatic hydroxyl groups excluding tert-OH is 2. The fraction of sp³-hybridized carbons (Fsp3) is 0.815. The normalized spacial score (nSPS) is 25.2. The van der Waals surface area contributed by atoms with Crippen LogP contribution >= 0.6 is 0 Å². The number of primary amides is 2. The molecule has 10 N–H and O–H groups in total. The largest absolute Gasteiger partial charge is 0.396 e. The number of rotatable bonds is 40. The molecule has 0 saturated heterocycles. The summed E-state index contributed by atoms with van der Waals surface area (Å²) in [5.41, 5.74) is 11.0. The van der Waals surface area contributed by atoms with Crippen LogP contribution < -0.4 is 32.7 Å². The fourth-order valence-corrected chi connectivity index (χ4v) is 15.9. The van der Waals surface area contributed by atoms with Gasteiger partial charge >= 0.3 is 0 Å². The predicted octanol–water partition coefficient (Wildman–Crippen LogP) is 2.69. The van der Waals surface area contributed by atoms with Gasteiger partial charge in [-0.25, -0.2) is 0 Å². The van der Waals surface area contributed by atoms with Crippen molar-refractivity contribution in [3.63, 3.8) is 0 Å². The van der Waals surface area contributed by atoms with Crippen molar-refractivity contribution < 1.29 is 95.9 Å². The van der Waals surface area contributed by atoms with Gasteiger partial charge in [-0.05, 0) is 162 Å². The molecule has 4 aliphatic rings. The maximum absolute atomic E-state index is 14.2. The summed E-state index contributed by atoms with van der Waals surface area (Å²) in [4.78, 5) is 199. The van der Waals surface area contributed by atoms with Gasteiger partial charge in [0.25, 0.3) is 0 Å². The topological polar surface area (TPSA) is 406 Å². The van der Waals surface area contributed by atoms with Crippen LogP contribution in [0.1, 0.15) is 178 Å². The Morgan fingerprint density at radius 3 is 0.726 bits per heavy atom. The molecule has 4 radical (unpaired) electrons. The van der Waals surface area contributed by atoms with Crippen molar-refractivity contribution in [1.82, 2.24) is 60.5 Å². The molecule has 4 fully saturated rings. The second kappa shape index (κ2) is 45.0. The maximum atomic E-state index is 14.2. The van der Waals surface area contributed by atoms with E-state index in [2.05, 4.69) is 49.0 Å². The van der Waals surface area contributed by atoms with Crippen molar-refractivity contribution in [3.8, 4) is 0 Å². The molecule has 0 aliphatic heterocycles. The molecule has 4 saturated carbocycles. The van der Waals surface area contributed by atoms with Gasteiger partial charge < -0.3 is 89.6 Å². The van der Waals surface area contributed by atoms with E-state index in [1.54, 1.807) is 41.8 Å². The molecule has 32 heteroatoms. The number of likely N-dealkylation sites (N-methyl/N-ethyl adjacent to an activating group) is 8. The first kappa shape index (κ1) is 106. The molecule has 0 bridgehead atoms. The standard InChI is InChI=1S/2C40H71N7O8.CH3.B.V/c2*1-19(2)16-29(34(41)49)42-35(50)26(9)44(12)38(53)27(10)46(14)40(55)33(32-23(6)24(32)7)43-36(51)30(17-20(3)18-48)47(15)39(54)28(11)45(13)37(52)25(8)31-21(4)22(31)5;;;/h2*19-33,48H,16-18H2,1-15H3,(H2,41,49)(H,42,50)(H,43,51);1H3;;/q;;-1;;/t2*20?,21-,22-,23-,24-,25+,26+,27-,28-,29+,30-,33-;;;/m00.../s1. The van der Waals surface area contributed by atoms with Gasteiger partial charge in [0.1, 0.15) is 72.5 Å². The van der Waals surface area contributed by atoms with Gasteiger partial charge in [-0.3, -0.25) is 67.1 Å². The maximum Gasteiger partial charge on any atom is 0.245 e. The van der Waals surface area contributed by atoms with E-state index in [0.29, 0.717) is 36.5 Å². The summed E-state index contributed by atoms with van der Waals surface area (Å²) in [6.45, 7) is 40.1. The van der Waals surface area contributed by atoms with Gasteiger partial charge in [0.2, 0.25) is 82.7 Å². The smallest absolute Gasteiger partial charge is 0.245 e. The molecule has 644 valence electrons. The van der Waals surface area contributed by atoms with Crippen LogP contribution in [0.5, 0.6) is 0 Å². The first-order valence-electron chi connectivity index (χ1n) is 39.8. The molecule has 0 heterocycles. The number of carbonyl (C=O) groups excluding carboxylic acids is 14. The SMILES string of the molecule is CC(C)C[C@@H](NC(=O)[C@@H](C)N(C)C(=O)[C@H](C)N(C)C(=O)[C@@H](NC(=O)[C@H](CC(C)CO)N(C)C(=O)[C@H](C)N(C)C(=O)[C@H](C)C1[C@@H](C)[C@@H]1C)C1[C@@H](C)[C@@H]1C)C(N)=O.CC(C)C[C@@H](NC(=O)[C@@H](C)N(C)C(=O)[C@H](C)N(C)C(=O)[C@@H](NC(=O)[C@H](CC(C)CO)N(C)C(=O)[C@H](C)N(C)C(=O)[C@H](C)C1[C@@H](C)[C@@H]1C)C1[C@@H](C)[C@@H]1C)C(N)=O.[B].[CH3-].[V]. The van der Waals surface area contributed by atoms with Gasteiger partial charge in [-0.1, -0.05) is 111 Å². The molecule has 30 nitrogen and oxygen atoms in total. The number of hydrogen-bond donors (Lipinski definition) is 8. The van der Waals surface area contributed by atoms with Crippen LogP contribution in [-0.4, -0.2) is 283 Å². The first-order valence-corrected chi connectivity index (χ1v) is 39.8. The van der Waals surface area contributed by atoms with Gasteiger partial charge in [0.05, 0.1) is 0 Å². The molecule has 4 rings (SSSR count). The van der Waals surface area contributed by atoms with Crippen LogP contribution in [0.3, 0.4) is 0 Å². The van der Waals surface area contributed by atoms with E-state index in [-0.39, 0.29) is 155 Å². The molecular formula is C81H145BN14O16V-. The summed E-state index contributed by atoms with van der Waals surface area (Å²) in [7, 11) is 12.0. The van der Waals surface area contributed by atoms with E-state index in [4.69, 9.17) is 11.5 Å². The number of nitrogens with two attached hydrogens (primary N) is 2. The zero-order valence-electron chi connectivity index (χ0n) is 73.9. The molecule has 0 aromatic carbocycles. The zero-order valence-corrected chi connectivity index (χ0v) is 75.3. The second-order valence-electron chi connectivity index (χ2n) is 34.6. The van der Waals surface area contributed by atoms with Gasteiger partial charge in [-0.15, -0.1) is 0 Å². The Bertz CT molecular complexity index is 3040. The zero-order chi connectivity index (χ0) is 85.1. The summed E-state index contributed by atoms with van der Waals surface area (Å²) in [5, 5.41) is 31.0. The molecule has 14 amide bonds. The van der Waals surface area contributed by atoms with E-state index < -0.39 is 143 Å². The fourth-order valence-electron chi connectivity index (χ4n) is 15.9. The summed E-state index contributed by atoms with van der Waals surface area (Å²) in [6, 6.07) is -11.8. The van der Waals surface area contributed by atoms with Crippen molar-refractivity contribution in [2.45, 2.75) is 251 Å². The Labute approximate surface area is 689 Å². The number of hydrogen-bond acceptors (Lipinski definition) is 16. The molecule has 0 aromatic rings. The van der Waals surface area contributed by atoms with Crippen LogP contribution in [0.2, 0.25) is 0 Å². The molecule has 0 spiro atoms. The van der Waals surface area contributed by atoms with Crippen LogP contribution in [0.25, 0.3) is 0 Å². The quantitative estimate of drug-likeness (QED) is 0.0323. The van der Waals surface area contributed by atoms with Crippen molar-refractivity contribution in [2.75, 3.05) is 69.6 Å². The summed E-state index contributed by atoms with van der Waals surface area (Å²) >= 11 is 0. The second-order valence-corrected chi connectivity index (χ2v) is 34.6. The average molecular weight is 1630 g/mol. The van der Waals surface area contributed by atoms with Crippen LogP contribution in [-0.2, 0) is 85.7 Å². The molecule has 0 aromatic heterocycles. The van der Waals surface area contributed by atoms with E-state index in [1.165, 1.54) is 109 Å². The summed E-state index contributed by atoms with van der Waals surface area (Å²) in [6.07, 6.45) is 0.870. The average Bonchev–Trinajstić information content (AvgIpc) is 1.62. The third-order valence-electron chi connectivity index (χ3n) is 26.0. The number of amides is 14. The monoisotopic (exact) mass is 1630 g/mol. The molecule has 24 atom stereocenters. The third-order valence-corrected chi connectivity index (χ3v) is 26.0. The Morgan fingerprint density at radius 2 is 0.522 bits per heavy atom. The van der Waals surface area contributed by atoms with Crippen molar-refractivity contribution in [3.05, 3.63) is 7.43 Å². The van der Waals surface area contributed by atoms with Gasteiger partial charge in [-0.2, -0.15) is 0 Å². The molecular weight excluding hydrogens is 1490 g/mol. The van der Waals surface area contributed by atoms with Crippen molar-refractivity contribution in [2.24, 2.45) is 118 Å². The predicted molar refractivity (Wildman–Crippen MR) is 431 cm³/mol. The van der Waals surface area contributed by atoms with E-state index in [0.717, 1.165) is 0 Å². The minimum atomic E-state index is -1.07. The van der Waals surface area contributed by atoms with E-state index in [9.17, 15) is 77.3 Å². The molecule has 4 aliphatic carbocycles. The molecule has 2 unspecified atom stereocenters. The van der Waals surface area contributed by atoms with Crippen molar-refractivity contribution >= 4 is 91.1 Å². The van der Waals surface area contributed by atoms with Crippen molar-refractivity contribution in [1.29, 1.82) is 0 Å². The Morgan fingerprint density at radius 1 is 0.310 bits per heavy atom. The molecule has 113 heavy (non-hydrogen) atoms. The third kappa shape index (κ3) is 26.6. The van der Waals surface area contributed by atoms with Crippen LogP contribution in [0.4, 0.5) is 0 Å². The summed E-state index contributed by atoms with van der Waals surface area (Å²) in [5.74, 6) is -6.01. The van der Waals surface area contributed by atoms with Gasteiger partial charge in [0.15, 0.2) is 0 Å². The first-order chi connectivity index (χ1) is 50.7. The number of aliphatic hydroxyl groups is 2. The van der Waals surface area contributed by atoms with E-state index >= 15 is 0 Å². The minimum Gasteiger partial charge on any atom is -0.396 e. The minimum absolute atomic E-state index is 0. The van der Waals surface area contributed by atoms with E-state index in [1.807, 2.05) is 69.2 Å². The van der Waals surface area contributed by atoms with Gasteiger partial charge in [0, 0.05) is 108 Å². The number of carbonyl (C=O) groups is 14. The van der Waals surface area contributed by atoms with Crippen LogP contribution in [0, 0.1) is 114 Å². The van der Waals surface area contributed by atoms with Crippen LogP contribution in [0.15, 0.2) is 0 Å².